The molecular weight excluding hydrogens is 276 g/mol. The van der Waals surface area contributed by atoms with Gasteiger partial charge in [-0.15, -0.1) is 11.3 Å². The van der Waals surface area contributed by atoms with E-state index in [4.69, 9.17) is 5.11 Å². The fourth-order valence-electron chi connectivity index (χ4n) is 2.57. The molecule has 6 heteroatoms. The number of piperidine rings is 1. The monoisotopic (exact) mass is 296 g/mol. The maximum atomic E-state index is 12.5. The molecular formula is C14H20N2O3S. The number of aliphatic carboxylic acids is 1. The van der Waals surface area contributed by atoms with Crippen LogP contribution in [-0.2, 0) is 11.2 Å². The second-order valence-corrected chi connectivity index (χ2v) is 6.17. The Kier molecular flexibility index (Phi) is 5.11. The number of carbonyl (C=O) groups excluding carboxylic acids is 1. The molecule has 0 aliphatic carbocycles. The Labute approximate surface area is 122 Å². The van der Waals surface area contributed by atoms with Gasteiger partial charge in [-0.3, -0.25) is 9.59 Å². The molecule has 1 saturated heterocycles. The van der Waals surface area contributed by atoms with Gasteiger partial charge < -0.3 is 10.0 Å². The third-order valence-corrected chi connectivity index (χ3v) is 4.78. The molecule has 1 fully saturated rings. The van der Waals surface area contributed by atoms with E-state index in [2.05, 4.69) is 4.98 Å². The highest BCUT2D eigenvalue weighted by Crippen LogP contribution is 2.25. The minimum Gasteiger partial charge on any atom is -0.481 e. The number of amides is 1. The summed E-state index contributed by atoms with van der Waals surface area (Å²) in [4.78, 5) is 30.0. The fraction of sp³-hybridized carbons (Fsp3) is 0.643. The second kappa shape index (κ2) is 6.83. The molecule has 0 spiro atoms. The SMILES string of the molecule is CCc1ncc(C(=O)N2CCCCC2CCC(=O)O)s1. The van der Waals surface area contributed by atoms with Crippen molar-refractivity contribution in [3.05, 3.63) is 16.1 Å². The predicted octanol–water partition coefficient (Wildman–Crippen LogP) is 2.57. The Hall–Kier alpha value is -1.43. The van der Waals surface area contributed by atoms with E-state index >= 15 is 0 Å². The summed E-state index contributed by atoms with van der Waals surface area (Å²) in [6.07, 6.45) is 6.11. The topological polar surface area (TPSA) is 70.5 Å². The van der Waals surface area contributed by atoms with Gasteiger partial charge in [0.1, 0.15) is 4.88 Å². The lowest BCUT2D eigenvalue weighted by Gasteiger charge is -2.35. The number of thiazole rings is 1. The first kappa shape index (κ1) is 15.0. The van der Waals surface area contributed by atoms with Gasteiger partial charge in [0.15, 0.2) is 0 Å². The van der Waals surface area contributed by atoms with Gasteiger partial charge in [-0.05, 0) is 32.1 Å². The Morgan fingerprint density at radius 3 is 2.95 bits per heavy atom. The standard InChI is InChI=1S/C14H20N2O3S/c1-2-12-15-9-11(20-12)14(19)16-8-4-3-5-10(16)6-7-13(17)18/h9-10H,2-8H2,1H3,(H,17,18). The van der Waals surface area contributed by atoms with Gasteiger partial charge >= 0.3 is 5.97 Å². The van der Waals surface area contributed by atoms with Crippen LogP contribution in [0.3, 0.4) is 0 Å². The number of rotatable bonds is 5. The van der Waals surface area contributed by atoms with Crippen molar-refractivity contribution in [3.63, 3.8) is 0 Å². The van der Waals surface area contributed by atoms with E-state index in [9.17, 15) is 9.59 Å². The molecule has 5 nitrogen and oxygen atoms in total. The number of carboxylic acids is 1. The van der Waals surface area contributed by atoms with Crippen LogP contribution in [0.1, 0.15) is 53.7 Å². The zero-order chi connectivity index (χ0) is 14.5. The Bertz CT molecular complexity index is 487. The van der Waals surface area contributed by atoms with Gasteiger partial charge in [0.2, 0.25) is 0 Å². The molecule has 1 aliphatic heterocycles. The van der Waals surface area contributed by atoms with Crippen molar-refractivity contribution in [1.82, 2.24) is 9.88 Å². The van der Waals surface area contributed by atoms with Crippen molar-refractivity contribution in [2.45, 2.75) is 51.5 Å². The predicted molar refractivity (Wildman–Crippen MR) is 77.0 cm³/mol. The first-order valence-electron chi connectivity index (χ1n) is 7.09. The van der Waals surface area contributed by atoms with E-state index in [0.717, 1.165) is 37.2 Å². The molecule has 1 amide bonds. The van der Waals surface area contributed by atoms with Crippen LogP contribution < -0.4 is 0 Å². The van der Waals surface area contributed by atoms with Gasteiger partial charge in [-0.25, -0.2) is 4.98 Å². The summed E-state index contributed by atoms with van der Waals surface area (Å²) in [5, 5.41) is 9.78. The van der Waals surface area contributed by atoms with Crippen molar-refractivity contribution in [2.24, 2.45) is 0 Å². The molecule has 0 saturated carbocycles. The third kappa shape index (κ3) is 3.56. The van der Waals surface area contributed by atoms with Gasteiger partial charge in [-0.2, -0.15) is 0 Å². The lowest BCUT2D eigenvalue weighted by atomic mass is 9.97. The van der Waals surface area contributed by atoms with Crippen LogP contribution in [0.25, 0.3) is 0 Å². The summed E-state index contributed by atoms with van der Waals surface area (Å²) in [5.41, 5.74) is 0. The molecule has 20 heavy (non-hydrogen) atoms. The van der Waals surface area contributed by atoms with Crippen molar-refractivity contribution < 1.29 is 14.7 Å². The molecule has 1 aliphatic rings. The van der Waals surface area contributed by atoms with Crippen molar-refractivity contribution >= 4 is 23.2 Å². The summed E-state index contributed by atoms with van der Waals surface area (Å²) in [5.74, 6) is -0.786. The molecule has 1 aromatic rings. The fourth-order valence-corrected chi connectivity index (χ4v) is 3.39. The minimum atomic E-state index is -0.797. The highest BCUT2D eigenvalue weighted by molar-refractivity contribution is 7.13. The van der Waals surface area contributed by atoms with E-state index in [0.29, 0.717) is 11.3 Å². The summed E-state index contributed by atoms with van der Waals surface area (Å²) < 4.78 is 0. The lowest BCUT2D eigenvalue weighted by Crippen LogP contribution is -2.43. The van der Waals surface area contributed by atoms with E-state index in [1.807, 2.05) is 11.8 Å². The van der Waals surface area contributed by atoms with Crippen LogP contribution in [0.4, 0.5) is 0 Å². The minimum absolute atomic E-state index is 0.0114. The number of carboxylic acid groups (broad SMARTS) is 1. The number of hydrogen-bond donors (Lipinski definition) is 1. The largest absolute Gasteiger partial charge is 0.481 e. The normalized spacial score (nSPS) is 19.1. The molecule has 1 atom stereocenters. The molecule has 2 heterocycles. The number of aromatic nitrogens is 1. The van der Waals surface area contributed by atoms with Gasteiger partial charge in [0.05, 0.1) is 11.2 Å². The molecule has 1 aromatic heterocycles. The second-order valence-electron chi connectivity index (χ2n) is 5.05. The third-order valence-electron chi connectivity index (χ3n) is 3.65. The molecule has 110 valence electrons. The summed E-state index contributed by atoms with van der Waals surface area (Å²) in [6.45, 7) is 2.74. The van der Waals surface area contributed by atoms with Crippen LogP contribution in [0, 0.1) is 0 Å². The van der Waals surface area contributed by atoms with E-state index in [-0.39, 0.29) is 18.4 Å². The Morgan fingerprint density at radius 1 is 1.50 bits per heavy atom. The van der Waals surface area contributed by atoms with E-state index in [1.54, 1.807) is 6.20 Å². The maximum absolute atomic E-state index is 12.5. The quantitative estimate of drug-likeness (QED) is 0.906. The molecule has 0 radical (unpaired) electrons. The van der Waals surface area contributed by atoms with Crippen LogP contribution in [0.5, 0.6) is 0 Å². The molecule has 2 rings (SSSR count). The Balaban J connectivity index is 2.06. The highest BCUT2D eigenvalue weighted by atomic mass is 32.1. The van der Waals surface area contributed by atoms with Crippen molar-refractivity contribution in [2.75, 3.05) is 6.54 Å². The molecule has 0 aromatic carbocycles. The van der Waals surface area contributed by atoms with E-state index in [1.165, 1.54) is 11.3 Å². The van der Waals surface area contributed by atoms with Crippen LogP contribution >= 0.6 is 11.3 Å². The first-order valence-corrected chi connectivity index (χ1v) is 7.91. The van der Waals surface area contributed by atoms with Crippen LogP contribution in [0.2, 0.25) is 0 Å². The average Bonchev–Trinajstić information content (AvgIpc) is 2.93. The van der Waals surface area contributed by atoms with Crippen molar-refractivity contribution in [1.29, 1.82) is 0 Å². The number of nitrogens with zero attached hydrogens (tertiary/aromatic N) is 2. The number of likely N-dealkylation sites (tertiary alicyclic amines) is 1. The van der Waals surface area contributed by atoms with Crippen LogP contribution in [-0.4, -0.2) is 39.5 Å². The highest BCUT2D eigenvalue weighted by Gasteiger charge is 2.28. The van der Waals surface area contributed by atoms with Gasteiger partial charge in [-0.1, -0.05) is 6.92 Å². The number of aryl methyl sites for hydroxylation is 1. The molecule has 0 bridgehead atoms. The Morgan fingerprint density at radius 2 is 2.30 bits per heavy atom. The summed E-state index contributed by atoms with van der Waals surface area (Å²) in [7, 11) is 0. The van der Waals surface area contributed by atoms with E-state index < -0.39 is 5.97 Å². The zero-order valence-electron chi connectivity index (χ0n) is 11.7. The van der Waals surface area contributed by atoms with Crippen LogP contribution in [0.15, 0.2) is 6.20 Å². The first-order chi connectivity index (χ1) is 9.61. The lowest BCUT2D eigenvalue weighted by molar-refractivity contribution is -0.137. The molecule has 1 unspecified atom stereocenters. The maximum Gasteiger partial charge on any atom is 0.303 e. The number of carbonyl (C=O) groups is 2. The van der Waals surface area contributed by atoms with Gasteiger partial charge in [0, 0.05) is 19.0 Å². The number of hydrogen-bond acceptors (Lipinski definition) is 4. The summed E-state index contributed by atoms with van der Waals surface area (Å²) >= 11 is 1.44. The average molecular weight is 296 g/mol. The smallest absolute Gasteiger partial charge is 0.303 e. The van der Waals surface area contributed by atoms with Crippen molar-refractivity contribution in [3.8, 4) is 0 Å². The van der Waals surface area contributed by atoms with Gasteiger partial charge in [0.25, 0.3) is 5.91 Å². The zero-order valence-corrected chi connectivity index (χ0v) is 12.5. The molecule has 1 N–H and O–H groups in total. The summed E-state index contributed by atoms with van der Waals surface area (Å²) in [6, 6.07) is 0.0551.